The smallest absolute Gasteiger partial charge is 0.264 e. The maximum Gasteiger partial charge on any atom is 0.264 e. The topological polar surface area (TPSA) is 96.0 Å². The van der Waals surface area contributed by atoms with Crippen LogP contribution in [-0.2, 0) is 26.2 Å². The van der Waals surface area contributed by atoms with Gasteiger partial charge in [-0.1, -0.05) is 48.0 Å². The summed E-state index contributed by atoms with van der Waals surface area (Å²) in [7, 11) is -2.55. The number of likely N-dealkylation sites (N-methyl/N-ethyl adjacent to an activating group) is 1. The van der Waals surface area contributed by atoms with Crippen molar-refractivity contribution < 1.29 is 22.7 Å². The Hall–Kier alpha value is -3.85. The second-order valence-electron chi connectivity index (χ2n) is 9.05. The van der Waals surface area contributed by atoms with Crippen LogP contribution in [0.5, 0.6) is 5.75 Å². The van der Waals surface area contributed by atoms with Crippen molar-refractivity contribution in [1.82, 2.24) is 10.2 Å². The Balaban J connectivity index is 2.04. The number of hydrogen-bond donors (Lipinski definition) is 1. The van der Waals surface area contributed by atoms with E-state index in [1.807, 2.05) is 19.1 Å². The van der Waals surface area contributed by atoms with Crippen LogP contribution in [0.15, 0.2) is 77.7 Å². The maximum atomic E-state index is 13.9. The van der Waals surface area contributed by atoms with Gasteiger partial charge in [-0.3, -0.25) is 13.9 Å². The first-order chi connectivity index (χ1) is 18.1. The van der Waals surface area contributed by atoms with Gasteiger partial charge >= 0.3 is 0 Å². The molecule has 0 bridgehead atoms. The van der Waals surface area contributed by atoms with Crippen LogP contribution in [0.4, 0.5) is 5.69 Å². The Labute approximate surface area is 225 Å². The highest BCUT2D eigenvalue weighted by Gasteiger charge is 2.33. The van der Waals surface area contributed by atoms with Crippen molar-refractivity contribution in [3.05, 3.63) is 89.5 Å². The third-order valence-corrected chi connectivity index (χ3v) is 8.05. The lowest BCUT2D eigenvalue weighted by Gasteiger charge is -2.32. The standard InChI is InChI=1S/C29H35N3O5S/c1-6-30-29(34)23(4)31(19-24-11-9-12-25(18-24)37-5)28(33)20-32(27-13-8-7-10-22(27)3)38(35,36)26-16-14-21(2)15-17-26/h7-18,23H,6,19-20H2,1-5H3,(H,30,34). The summed E-state index contributed by atoms with van der Waals surface area (Å²) in [5.41, 5.74) is 2.76. The van der Waals surface area contributed by atoms with E-state index in [0.717, 1.165) is 15.4 Å². The minimum atomic E-state index is -4.10. The zero-order chi connectivity index (χ0) is 27.9. The van der Waals surface area contributed by atoms with Gasteiger partial charge in [-0.05, 0) is 69.2 Å². The van der Waals surface area contributed by atoms with E-state index in [4.69, 9.17) is 4.74 Å². The maximum absolute atomic E-state index is 13.9. The summed E-state index contributed by atoms with van der Waals surface area (Å²) in [5, 5.41) is 2.76. The van der Waals surface area contributed by atoms with E-state index in [1.54, 1.807) is 76.4 Å². The number of rotatable bonds is 11. The molecule has 3 rings (SSSR count). The largest absolute Gasteiger partial charge is 0.497 e. The first-order valence-electron chi connectivity index (χ1n) is 12.4. The zero-order valence-electron chi connectivity index (χ0n) is 22.5. The van der Waals surface area contributed by atoms with Crippen LogP contribution in [0.2, 0.25) is 0 Å². The van der Waals surface area contributed by atoms with Crippen LogP contribution in [0.25, 0.3) is 0 Å². The molecule has 2 amide bonds. The number of anilines is 1. The molecule has 0 saturated heterocycles. The number of carbonyl (C=O) groups is 2. The van der Waals surface area contributed by atoms with Crippen LogP contribution in [0, 0.1) is 13.8 Å². The van der Waals surface area contributed by atoms with Crippen molar-refractivity contribution in [2.45, 2.75) is 45.2 Å². The van der Waals surface area contributed by atoms with E-state index < -0.39 is 28.5 Å². The number of para-hydroxylation sites is 1. The van der Waals surface area contributed by atoms with E-state index >= 15 is 0 Å². The fourth-order valence-corrected chi connectivity index (χ4v) is 5.54. The van der Waals surface area contributed by atoms with Gasteiger partial charge in [0.1, 0.15) is 18.3 Å². The summed E-state index contributed by atoms with van der Waals surface area (Å²) in [6, 6.07) is 19.9. The molecule has 0 spiro atoms. The molecule has 0 heterocycles. The second kappa shape index (κ2) is 12.6. The molecule has 1 atom stereocenters. The van der Waals surface area contributed by atoms with Gasteiger partial charge in [0.25, 0.3) is 10.0 Å². The van der Waals surface area contributed by atoms with E-state index in [9.17, 15) is 18.0 Å². The number of sulfonamides is 1. The summed E-state index contributed by atoms with van der Waals surface area (Å²) in [4.78, 5) is 28.2. The molecule has 0 radical (unpaired) electrons. The van der Waals surface area contributed by atoms with E-state index in [2.05, 4.69) is 5.32 Å². The quantitative estimate of drug-likeness (QED) is 0.398. The fraction of sp³-hybridized carbons (Fsp3) is 0.310. The first kappa shape index (κ1) is 28.7. The van der Waals surface area contributed by atoms with E-state index in [0.29, 0.717) is 23.5 Å². The lowest BCUT2D eigenvalue weighted by atomic mass is 10.1. The Kier molecular flexibility index (Phi) is 9.52. The average molecular weight is 538 g/mol. The number of amides is 2. The molecule has 0 saturated carbocycles. The van der Waals surface area contributed by atoms with Crippen LogP contribution in [0.3, 0.4) is 0 Å². The molecule has 9 heteroatoms. The highest BCUT2D eigenvalue weighted by atomic mass is 32.2. The van der Waals surface area contributed by atoms with Gasteiger partial charge in [-0.15, -0.1) is 0 Å². The van der Waals surface area contributed by atoms with Crippen molar-refractivity contribution in [2.75, 3.05) is 24.5 Å². The van der Waals surface area contributed by atoms with Crippen molar-refractivity contribution in [2.24, 2.45) is 0 Å². The molecular weight excluding hydrogens is 502 g/mol. The van der Waals surface area contributed by atoms with Crippen molar-refractivity contribution in [3.8, 4) is 5.75 Å². The normalized spacial score (nSPS) is 11.9. The van der Waals surface area contributed by atoms with Gasteiger partial charge < -0.3 is 15.0 Å². The summed E-state index contributed by atoms with van der Waals surface area (Å²) < 4.78 is 34.2. The highest BCUT2D eigenvalue weighted by molar-refractivity contribution is 7.92. The molecule has 0 fully saturated rings. The summed E-state index contributed by atoms with van der Waals surface area (Å²) in [6.07, 6.45) is 0. The first-order valence-corrected chi connectivity index (χ1v) is 13.9. The Morgan fingerprint density at radius 3 is 2.29 bits per heavy atom. The summed E-state index contributed by atoms with van der Waals surface area (Å²) in [5.74, 6) is -0.220. The highest BCUT2D eigenvalue weighted by Crippen LogP contribution is 2.27. The van der Waals surface area contributed by atoms with E-state index in [-0.39, 0.29) is 17.3 Å². The van der Waals surface area contributed by atoms with Crippen molar-refractivity contribution in [3.63, 3.8) is 0 Å². The van der Waals surface area contributed by atoms with Gasteiger partial charge in [-0.25, -0.2) is 8.42 Å². The summed E-state index contributed by atoms with van der Waals surface area (Å²) >= 11 is 0. The van der Waals surface area contributed by atoms with E-state index in [1.165, 1.54) is 17.0 Å². The average Bonchev–Trinajstić information content (AvgIpc) is 2.90. The molecule has 3 aromatic rings. The minimum absolute atomic E-state index is 0.0790. The van der Waals surface area contributed by atoms with Gasteiger partial charge in [0.05, 0.1) is 17.7 Å². The number of carbonyl (C=O) groups excluding carboxylic acids is 2. The molecule has 202 valence electrons. The van der Waals surface area contributed by atoms with Crippen LogP contribution in [-0.4, -0.2) is 51.4 Å². The minimum Gasteiger partial charge on any atom is -0.497 e. The Bertz CT molecular complexity index is 1370. The fourth-order valence-electron chi connectivity index (χ4n) is 4.07. The molecule has 1 N–H and O–H groups in total. The Morgan fingerprint density at radius 2 is 1.66 bits per heavy atom. The third kappa shape index (κ3) is 6.72. The van der Waals surface area contributed by atoms with Gasteiger partial charge in [0.2, 0.25) is 11.8 Å². The van der Waals surface area contributed by atoms with Crippen LogP contribution < -0.4 is 14.4 Å². The lowest BCUT2D eigenvalue weighted by molar-refractivity contribution is -0.139. The molecule has 3 aromatic carbocycles. The molecule has 0 aliphatic rings. The molecule has 0 aliphatic heterocycles. The number of benzene rings is 3. The third-order valence-electron chi connectivity index (χ3n) is 6.28. The second-order valence-corrected chi connectivity index (χ2v) is 10.9. The predicted molar refractivity (Wildman–Crippen MR) is 149 cm³/mol. The molecule has 38 heavy (non-hydrogen) atoms. The van der Waals surface area contributed by atoms with Crippen LogP contribution in [0.1, 0.15) is 30.5 Å². The molecule has 0 aliphatic carbocycles. The number of nitrogens with zero attached hydrogens (tertiary/aromatic N) is 2. The number of ether oxygens (including phenoxy) is 1. The number of nitrogens with one attached hydrogen (secondary N) is 1. The van der Waals surface area contributed by atoms with Crippen molar-refractivity contribution >= 4 is 27.5 Å². The lowest BCUT2D eigenvalue weighted by Crippen LogP contribution is -2.51. The number of aryl methyl sites for hydroxylation is 2. The van der Waals surface area contributed by atoms with Gasteiger partial charge in [-0.2, -0.15) is 0 Å². The molecule has 0 aromatic heterocycles. The SMILES string of the molecule is CCNC(=O)C(C)N(Cc1cccc(OC)c1)C(=O)CN(c1ccccc1C)S(=O)(=O)c1ccc(C)cc1. The van der Waals surface area contributed by atoms with Gasteiger partial charge in [0, 0.05) is 13.1 Å². The van der Waals surface area contributed by atoms with Crippen LogP contribution >= 0.6 is 0 Å². The number of hydrogen-bond acceptors (Lipinski definition) is 5. The number of methoxy groups -OCH3 is 1. The predicted octanol–water partition coefficient (Wildman–Crippen LogP) is 4.06. The monoisotopic (exact) mass is 537 g/mol. The summed E-state index contributed by atoms with van der Waals surface area (Å²) in [6.45, 7) is 7.13. The van der Waals surface area contributed by atoms with Crippen molar-refractivity contribution in [1.29, 1.82) is 0 Å². The zero-order valence-corrected chi connectivity index (χ0v) is 23.3. The van der Waals surface area contributed by atoms with Gasteiger partial charge in [0.15, 0.2) is 0 Å². The Morgan fingerprint density at radius 1 is 0.974 bits per heavy atom. The molecule has 8 nitrogen and oxygen atoms in total. The molecular formula is C29H35N3O5S. The molecule has 1 unspecified atom stereocenters.